The number of rotatable bonds is 2. The number of anilines is 1. The summed E-state index contributed by atoms with van der Waals surface area (Å²) in [4.78, 5) is 7.88. The third-order valence-electron chi connectivity index (χ3n) is 2.70. The van der Waals surface area contributed by atoms with Gasteiger partial charge in [0, 0.05) is 11.4 Å². The Balaban J connectivity index is 2.12. The Morgan fingerprint density at radius 3 is 2.94 bits per heavy atom. The van der Waals surface area contributed by atoms with Gasteiger partial charge in [-0.25, -0.2) is 4.98 Å². The van der Waals surface area contributed by atoms with Gasteiger partial charge in [-0.05, 0) is 13.8 Å². The number of nitrogens with zero attached hydrogens (tertiary/aromatic N) is 2. The zero-order chi connectivity index (χ0) is 11.7. The highest BCUT2D eigenvalue weighted by atomic mass is 32.1. The van der Waals surface area contributed by atoms with E-state index in [2.05, 4.69) is 16.8 Å². The van der Waals surface area contributed by atoms with Crippen molar-refractivity contribution < 1.29 is 4.74 Å². The van der Waals surface area contributed by atoms with Gasteiger partial charge in [-0.15, -0.1) is 11.3 Å². The molecule has 1 fully saturated rings. The van der Waals surface area contributed by atoms with E-state index in [1.54, 1.807) is 11.3 Å². The van der Waals surface area contributed by atoms with Crippen LogP contribution in [-0.4, -0.2) is 36.6 Å². The van der Waals surface area contributed by atoms with Crippen molar-refractivity contribution in [3.63, 3.8) is 0 Å². The zero-order valence-corrected chi connectivity index (χ0v) is 10.3. The van der Waals surface area contributed by atoms with Crippen molar-refractivity contribution in [2.45, 2.75) is 20.0 Å². The molecule has 0 radical (unpaired) electrons. The Morgan fingerprint density at radius 1 is 1.62 bits per heavy atom. The fourth-order valence-corrected chi connectivity index (χ4v) is 2.55. The van der Waals surface area contributed by atoms with Crippen LogP contribution in [0.5, 0.6) is 0 Å². The standard InChI is InChI=1S/C10H16N4OS/c1-6-7(2)16-10(13-6)14-3-4-15-8(5-14)9(11)12/h8H,3-5H2,1-2H3,(H3,11,12). The van der Waals surface area contributed by atoms with E-state index >= 15 is 0 Å². The van der Waals surface area contributed by atoms with Gasteiger partial charge in [-0.2, -0.15) is 0 Å². The summed E-state index contributed by atoms with van der Waals surface area (Å²) in [6.07, 6.45) is -0.293. The first-order valence-corrected chi connectivity index (χ1v) is 6.04. The molecule has 0 saturated carbocycles. The molecule has 2 rings (SSSR count). The minimum Gasteiger partial charge on any atom is -0.385 e. The lowest BCUT2D eigenvalue weighted by Crippen LogP contribution is -2.48. The lowest BCUT2D eigenvalue weighted by atomic mass is 10.2. The molecule has 1 aromatic rings. The highest BCUT2D eigenvalue weighted by Gasteiger charge is 2.24. The zero-order valence-electron chi connectivity index (χ0n) is 9.49. The van der Waals surface area contributed by atoms with Crippen LogP contribution in [0.2, 0.25) is 0 Å². The van der Waals surface area contributed by atoms with Crippen LogP contribution in [0, 0.1) is 19.3 Å². The van der Waals surface area contributed by atoms with Gasteiger partial charge in [-0.3, -0.25) is 5.41 Å². The van der Waals surface area contributed by atoms with Crippen LogP contribution < -0.4 is 10.6 Å². The summed E-state index contributed by atoms with van der Waals surface area (Å²) in [5.41, 5.74) is 6.53. The summed E-state index contributed by atoms with van der Waals surface area (Å²) >= 11 is 1.68. The first-order valence-electron chi connectivity index (χ1n) is 5.22. The lowest BCUT2D eigenvalue weighted by Gasteiger charge is -2.31. The Bertz CT molecular complexity index is 384. The maximum Gasteiger partial charge on any atom is 0.185 e. The molecule has 1 atom stereocenters. The van der Waals surface area contributed by atoms with Crippen LogP contribution in [0.3, 0.4) is 0 Å². The monoisotopic (exact) mass is 240 g/mol. The molecule has 0 spiro atoms. The average Bonchev–Trinajstić information content (AvgIpc) is 2.59. The van der Waals surface area contributed by atoms with Crippen molar-refractivity contribution in [2.24, 2.45) is 5.73 Å². The van der Waals surface area contributed by atoms with E-state index in [-0.39, 0.29) is 11.9 Å². The number of hydrogen-bond donors (Lipinski definition) is 2. The van der Waals surface area contributed by atoms with Crippen molar-refractivity contribution in [2.75, 3.05) is 24.6 Å². The SMILES string of the molecule is Cc1nc(N2CCOC(C(=N)N)C2)sc1C. The lowest BCUT2D eigenvalue weighted by molar-refractivity contribution is 0.0826. The second-order valence-electron chi connectivity index (χ2n) is 3.90. The Morgan fingerprint density at radius 2 is 2.38 bits per heavy atom. The fraction of sp³-hybridized carbons (Fsp3) is 0.600. The number of nitrogens with two attached hydrogens (primary N) is 1. The summed E-state index contributed by atoms with van der Waals surface area (Å²) in [6, 6.07) is 0. The molecule has 0 amide bonds. The fourth-order valence-electron chi connectivity index (χ4n) is 1.60. The van der Waals surface area contributed by atoms with Crippen molar-refractivity contribution in [3.05, 3.63) is 10.6 Å². The molecular formula is C10H16N4OS. The first kappa shape index (κ1) is 11.3. The maximum atomic E-state index is 7.40. The van der Waals surface area contributed by atoms with Crippen LogP contribution >= 0.6 is 11.3 Å². The maximum absolute atomic E-state index is 7.40. The van der Waals surface area contributed by atoms with E-state index in [0.717, 1.165) is 17.4 Å². The van der Waals surface area contributed by atoms with E-state index in [4.69, 9.17) is 15.9 Å². The molecule has 88 valence electrons. The molecular weight excluding hydrogens is 224 g/mol. The molecule has 0 aromatic carbocycles. The van der Waals surface area contributed by atoms with Crippen molar-refractivity contribution in [1.29, 1.82) is 5.41 Å². The molecule has 2 heterocycles. The molecule has 5 nitrogen and oxygen atoms in total. The van der Waals surface area contributed by atoms with Gasteiger partial charge in [0.25, 0.3) is 0 Å². The largest absolute Gasteiger partial charge is 0.385 e. The molecule has 0 aliphatic carbocycles. The molecule has 3 N–H and O–H groups in total. The minimum atomic E-state index is -0.293. The Kier molecular flexibility index (Phi) is 3.11. The summed E-state index contributed by atoms with van der Waals surface area (Å²) in [6.45, 7) is 6.12. The number of ether oxygens (including phenoxy) is 1. The number of hydrogen-bond acceptors (Lipinski definition) is 5. The average molecular weight is 240 g/mol. The topological polar surface area (TPSA) is 75.2 Å². The van der Waals surface area contributed by atoms with Gasteiger partial charge in [0.15, 0.2) is 5.13 Å². The second-order valence-corrected chi connectivity index (χ2v) is 5.08. The third kappa shape index (κ3) is 2.17. The summed E-state index contributed by atoms with van der Waals surface area (Å²) in [5.74, 6) is 0.0923. The smallest absolute Gasteiger partial charge is 0.185 e. The number of morpholine rings is 1. The predicted octanol–water partition coefficient (Wildman–Crippen LogP) is 0.901. The first-order chi connectivity index (χ1) is 7.58. The molecule has 1 unspecified atom stereocenters. The normalized spacial score (nSPS) is 21.1. The quantitative estimate of drug-likeness (QED) is 0.595. The van der Waals surface area contributed by atoms with Crippen LogP contribution in [-0.2, 0) is 4.74 Å². The number of thiazole rings is 1. The predicted molar refractivity (Wildman–Crippen MR) is 65.5 cm³/mol. The van der Waals surface area contributed by atoms with Gasteiger partial charge in [0.1, 0.15) is 11.9 Å². The highest BCUT2D eigenvalue weighted by Crippen LogP contribution is 2.26. The number of nitrogens with one attached hydrogen (secondary N) is 1. The van der Waals surface area contributed by atoms with Crippen LogP contribution in [0.4, 0.5) is 5.13 Å². The van der Waals surface area contributed by atoms with E-state index in [1.165, 1.54) is 4.88 Å². The Hall–Kier alpha value is -1.14. The number of amidine groups is 1. The van der Waals surface area contributed by atoms with Crippen LogP contribution in [0.25, 0.3) is 0 Å². The summed E-state index contributed by atoms with van der Waals surface area (Å²) < 4.78 is 5.41. The molecule has 1 aliphatic heterocycles. The Labute approximate surface area is 98.7 Å². The van der Waals surface area contributed by atoms with Gasteiger partial charge in [0.05, 0.1) is 18.8 Å². The molecule has 1 aliphatic rings. The van der Waals surface area contributed by atoms with Crippen LogP contribution in [0.15, 0.2) is 0 Å². The van der Waals surface area contributed by atoms with E-state index in [1.807, 2.05) is 6.92 Å². The molecule has 16 heavy (non-hydrogen) atoms. The molecule has 0 bridgehead atoms. The summed E-state index contributed by atoms with van der Waals surface area (Å²) in [5, 5.41) is 8.40. The van der Waals surface area contributed by atoms with E-state index in [0.29, 0.717) is 13.2 Å². The van der Waals surface area contributed by atoms with Gasteiger partial charge in [-0.1, -0.05) is 0 Å². The molecule has 6 heteroatoms. The van der Waals surface area contributed by atoms with Crippen molar-refractivity contribution in [1.82, 2.24) is 4.98 Å². The third-order valence-corrected chi connectivity index (χ3v) is 3.83. The number of aromatic nitrogens is 1. The molecule has 1 saturated heterocycles. The minimum absolute atomic E-state index is 0.0923. The van der Waals surface area contributed by atoms with Gasteiger partial charge < -0.3 is 15.4 Å². The molecule has 1 aromatic heterocycles. The van der Waals surface area contributed by atoms with Gasteiger partial charge >= 0.3 is 0 Å². The van der Waals surface area contributed by atoms with E-state index in [9.17, 15) is 0 Å². The van der Waals surface area contributed by atoms with Crippen molar-refractivity contribution in [3.8, 4) is 0 Å². The van der Waals surface area contributed by atoms with Crippen LogP contribution in [0.1, 0.15) is 10.6 Å². The number of aryl methyl sites for hydroxylation is 2. The highest BCUT2D eigenvalue weighted by molar-refractivity contribution is 7.15. The van der Waals surface area contributed by atoms with E-state index < -0.39 is 0 Å². The summed E-state index contributed by atoms with van der Waals surface area (Å²) in [7, 11) is 0. The van der Waals surface area contributed by atoms with Gasteiger partial charge in [0.2, 0.25) is 0 Å². The second kappa shape index (κ2) is 4.39. The van der Waals surface area contributed by atoms with Crippen molar-refractivity contribution >= 4 is 22.3 Å².